The quantitative estimate of drug-likeness (QED) is 0.315. The van der Waals surface area contributed by atoms with Gasteiger partial charge in [0.2, 0.25) is 5.88 Å². The van der Waals surface area contributed by atoms with Crippen LogP contribution in [0.4, 0.5) is 0 Å². The van der Waals surface area contributed by atoms with Crippen LogP contribution in [0.1, 0.15) is 37.3 Å². The van der Waals surface area contributed by atoms with E-state index < -0.39 is 0 Å². The van der Waals surface area contributed by atoms with Gasteiger partial charge in [-0.15, -0.1) is 0 Å². The van der Waals surface area contributed by atoms with Crippen molar-refractivity contribution in [1.29, 1.82) is 0 Å². The van der Waals surface area contributed by atoms with Gasteiger partial charge in [-0.05, 0) is 43.0 Å². The number of hydrogen-bond donors (Lipinski definition) is 2. The molecule has 0 aliphatic heterocycles. The highest BCUT2D eigenvalue weighted by atomic mass is 16.5. The van der Waals surface area contributed by atoms with E-state index >= 15 is 0 Å². The summed E-state index contributed by atoms with van der Waals surface area (Å²) < 4.78 is 16.0. The third-order valence-corrected chi connectivity index (χ3v) is 4.68. The Hall–Kier alpha value is -2.80. The lowest BCUT2D eigenvalue weighted by Crippen LogP contribution is -2.38. The van der Waals surface area contributed by atoms with Crippen LogP contribution in [0.5, 0.6) is 11.6 Å². The molecule has 0 spiro atoms. The first-order valence-corrected chi connectivity index (χ1v) is 10.4. The highest BCUT2D eigenvalue weighted by molar-refractivity contribution is 5.79. The summed E-state index contributed by atoms with van der Waals surface area (Å²) in [4.78, 5) is 9.00. The minimum atomic E-state index is 0.436. The van der Waals surface area contributed by atoms with Crippen molar-refractivity contribution >= 4 is 5.96 Å². The number of nitrogens with zero attached hydrogens (tertiary/aromatic N) is 2. The molecule has 1 atom stereocenters. The van der Waals surface area contributed by atoms with Gasteiger partial charge in [-0.3, -0.25) is 0 Å². The van der Waals surface area contributed by atoms with E-state index in [1.165, 1.54) is 5.56 Å². The molecule has 7 nitrogen and oxygen atoms in total. The van der Waals surface area contributed by atoms with Gasteiger partial charge in [0.05, 0.1) is 20.3 Å². The molecule has 0 bridgehead atoms. The summed E-state index contributed by atoms with van der Waals surface area (Å²) in [6.45, 7) is 7.38. The SMILES string of the molecule is CCNC(=NCc1cccnc1OCCOC)NCCC(C)c1ccc(OC)cc1. The van der Waals surface area contributed by atoms with Gasteiger partial charge in [0.25, 0.3) is 0 Å². The van der Waals surface area contributed by atoms with Crippen LogP contribution in [0.15, 0.2) is 47.6 Å². The van der Waals surface area contributed by atoms with Crippen molar-refractivity contribution in [2.45, 2.75) is 32.7 Å². The Balaban J connectivity index is 1.89. The molecule has 7 heteroatoms. The second kappa shape index (κ2) is 13.4. The molecule has 30 heavy (non-hydrogen) atoms. The lowest BCUT2D eigenvalue weighted by atomic mass is 9.98. The average molecular weight is 415 g/mol. The van der Waals surface area contributed by atoms with E-state index in [4.69, 9.17) is 19.2 Å². The van der Waals surface area contributed by atoms with E-state index in [0.717, 1.165) is 36.8 Å². The monoisotopic (exact) mass is 414 g/mol. The van der Waals surface area contributed by atoms with Gasteiger partial charge in [0.15, 0.2) is 5.96 Å². The highest BCUT2D eigenvalue weighted by Gasteiger charge is 2.08. The van der Waals surface area contributed by atoms with Crippen LogP contribution >= 0.6 is 0 Å². The average Bonchev–Trinajstić information content (AvgIpc) is 2.78. The van der Waals surface area contributed by atoms with Crippen molar-refractivity contribution in [1.82, 2.24) is 15.6 Å². The summed E-state index contributed by atoms with van der Waals surface area (Å²) >= 11 is 0. The Labute approximate surface area is 179 Å². The van der Waals surface area contributed by atoms with Crippen LogP contribution in [0.2, 0.25) is 0 Å². The van der Waals surface area contributed by atoms with Crippen molar-refractivity contribution in [3.63, 3.8) is 0 Å². The number of methoxy groups -OCH3 is 2. The molecule has 1 aromatic carbocycles. The second-order valence-electron chi connectivity index (χ2n) is 6.89. The summed E-state index contributed by atoms with van der Waals surface area (Å²) in [5, 5.41) is 6.71. The van der Waals surface area contributed by atoms with Gasteiger partial charge in [0.1, 0.15) is 12.4 Å². The Morgan fingerprint density at radius 1 is 1.10 bits per heavy atom. The third-order valence-electron chi connectivity index (χ3n) is 4.68. The molecule has 0 saturated carbocycles. The van der Waals surface area contributed by atoms with Crippen LogP contribution in [-0.4, -0.2) is 51.5 Å². The Kier molecular flexibility index (Phi) is 10.5. The predicted octanol–water partition coefficient (Wildman–Crippen LogP) is 3.36. The summed E-state index contributed by atoms with van der Waals surface area (Å²) in [7, 11) is 3.33. The minimum Gasteiger partial charge on any atom is -0.497 e. The van der Waals surface area contributed by atoms with Gasteiger partial charge >= 0.3 is 0 Å². The first-order valence-electron chi connectivity index (χ1n) is 10.4. The minimum absolute atomic E-state index is 0.436. The molecule has 1 aromatic heterocycles. The molecular formula is C23H34N4O3. The molecule has 0 fully saturated rings. The normalized spacial score (nSPS) is 12.3. The summed E-state index contributed by atoms with van der Waals surface area (Å²) in [6.07, 6.45) is 2.72. The fourth-order valence-electron chi connectivity index (χ4n) is 2.91. The van der Waals surface area contributed by atoms with E-state index in [2.05, 4.69) is 41.6 Å². The van der Waals surface area contributed by atoms with Crippen molar-refractivity contribution in [2.75, 3.05) is 40.5 Å². The van der Waals surface area contributed by atoms with Crippen molar-refractivity contribution in [3.05, 3.63) is 53.7 Å². The summed E-state index contributed by atoms with van der Waals surface area (Å²) in [6, 6.07) is 12.1. The second-order valence-corrected chi connectivity index (χ2v) is 6.89. The lowest BCUT2D eigenvalue weighted by Gasteiger charge is -2.15. The first kappa shape index (κ1) is 23.5. The molecule has 1 unspecified atom stereocenters. The van der Waals surface area contributed by atoms with E-state index in [9.17, 15) is 0 Å². The largest absolute Gasteiger partial charge is 0.497 e. The van der Waals surface area contributed by atoms with E-state index in [1.54, 1.807) is 20.4 Å². The van der Waals surface area contributed by atoms with E-state index in [1.807, 2.05) is 24.3 Å². The zero-order valence-corrected chi connectivity index (χ0v) is 18.5. The van der Waals surface area contributed by atoms with Crippen LogP contribution in [0.3, 0.4) is 0 Å². The number of guanidine groups is 1. The van der Waals surface area contributed by atoms with Crippen molar-refractivity contribution < 1.29 is 14.2 Å². The standard InChI is InChI=1S/C23H34N4O3/c1-5-24-23(26-14-12-18(2)19-8-10-21(29-4)11-9-19)27-17-20-7-6-13-25-22(20)30-16-15-28-3/h6-11,13,18H,5,12,14-17H2,1-4H3,(H2,24,26,27). The molecule has 2 aromatic rings. The maximum atomic E-state index is 5.69. The molecule has 2 rings (SSSR count). The zero-order valence-electron chi connectivity index (χ0n) is 18.5. The first-order chi connectivity index (χ1) is 14.7. The van der Waals surface area contributed by atoms with Gasteiger partial charge < -0.3 is 24.8 Å². The van der Waals surface area contributed by atoms with E-state index in [-0.39, 0.29) is 0 Å². The molecule has 0 amide bonds. The third kappa shape index (κ3) is 7.91. The Morgan fingerprint density at radius 2 is 1.90 bits per heavy atom. The number of aliphatic imine (C=N–C) groups is 1. The summed E-state index contributed by atoms with van der Waals surface area (Å²) in [5.74, 6) is 2.70. The molecule has 0 radical (unpaired) electrons. The number of rotatable bonds is 12. The maximum Gasteiger partial charge on any atom is 0.218 e. The van der Waals surface area contributed by atoms with Gasteiger partial charge in [-0.1, -0.05) is 25.1 Å². The molecule has 2 N–H and O–H groups in total. The Bertz CT molecular complexity index is 765. The molecular weight excluding hydrogens is 380 g/mol. The van der Waals surface area contributed by atoms with E-state index in [0.29, 0.717) is 31.6 Å². The van der Waals surface area contributed by atoms with Crippen LogP contribution in [0.25, 0.3) is 0 Å². The van der Waals surface area contributed by atoms with Crippen molar-refractivity contribution in [3.8, 4) is 11.6 Å². The Morgan fingerprint density at radius 3 is 2.60 bits per heavy atom. The number of ether oxygens (including phenoxy) is 3. The molecule has 164 valence electrons. The van der Waals surface area contributed by atoms with Crippen LogP contribution in [0, 0.1) is 0 Å². The number of pyridine rings is 1. The molecule has 0 saturated heterocycles. The van der Waals surface area contributed by atoms with Crippen molar-refractivity contribution in [2.24, 2.45) is 4.99 Å². The summed E-state index contributed by atoms with van der Waals surface area (Å²) in [5.41, 5.74) is 2.24. The molecule has 0 aliphatic rings. The number of nitrogens with one attached hydrogen (secondary N) is 2. The number of aromatic nitrogens is 1. The fourth-order valence-corrected chi connectivity index (χ4v) is 2.91. The fraction of sp³-hybridized carbons (Fsp3) is 0.478. The topological polar surface area (TPSA) is 77.0 Å². The van der Waals surface area contributed by atoms with Gasteiger partial charge in [-0.2, -0.15) is 0 Å². The van der Waals surface area contributed by atoms with Crippen LogP contribution in [-0.2, 0) is 11.3 Å². The van der Waals surface area contributed by atoms with Gasteiger partial charge in [0, 0.05) is 32.0 Å². The highest BCUT2D eigenvalue weighted by Crippen LogP contribution is 2.21. The van der Waals surface area contributed by atoms with Gasteiger partial charge in [-0.25, -0.2) is 9.98 Å². The van der Waals surface area contributed by atoms with Crippen LogP contribution < -0.4 is 20.1 Å². The lowest BCUT2D eigenvalue weighted by molar-refractivity contribution is 0.143. The number of benzene rings is 1. The number of hydrogen-bond acceptors (Lipinski definition) is 5. The maximum absolute atomic E-state index is 5.69. The smallest absolute Gasteiger partial charge is 0.218 e. The molecule has 1 heterocycles. The predicted molar refractivity (Wildman–Crippen MR) is 120 cm³/mol. The molecule has 0 aliphatic carbocycles. The zero-order chi connectivity index (χ0) is 21.6.